The summed E-state index contributed by atoms with van der Waals surface area (Å²) in [5.41, 5.74) is 6.75. The molecule has 0 aliphatic rings. The van der Waals surface area contributed by atoms with Gasteiger partial charge in [0.2, 0.25) is 0 Å². The Morgan fingerprint density at radius 1 is 1.33 bits per heavy atom. The van der Waals surface area contributed by atoms with Crippen LogP contribution in [-0.4, -0.2) is 18.5 Å². The number of nitrogens with two attached hydrogens (primary N) is 1. The van der Waals surface area contributed by atoms with Gasteiger partial charge in [-0.25, -0.2) is 4.79 Å². The Hall–Kier alpha value is -2.04. The highest BCUT2D eigenvalue weighted by atomic mass is 16.5. The van der Waals surface area contributed by atoms with Gasteiger partial charge in [-0.05, 0) is 30.7 Å². The van der Waals surface area contributed by atoms with Gasteiger partial charge in [0.05, 0.1) is 6.61 Å². The molecule has 0 unspecified atom stereocenters. The molecule has 0 fully saturated rings. The van der Waals surface area contributed by atoms with Gasteiger partial charge in [0, 0.05) is 11.3 Å². The number of amides is 1. The number of carbonyl (C=O) groups excluding carboxylic acids is 1. The Kier molecular flexibility index (Phi) is 5.70. The average Bonchev–Trinajstić information content (AvgIpc) is 2.35. The molecular formula is C13H19N3O2. The van der Waals surface area contributed by atoms with Crippen molar-refractivity contribution in [2.45, 2.75) is 26.2 Å². The molecular weight excluding hydrogens is 230 g/mol. The number of benzene rings is 1. The minimum atomic E-state index is -0.590. The highest BCUT2D eigenvalue weighted by Crippen LogP contribution is 2.05. The van der Waals surface area contributed by atoms with E-state index in [0.29, 0.717) is 17.9 Å². The Balaban J connectivity index is 2.35. The van der Waals surface area contributed by atoms with Crippen LogP contribution in [0.15, 0.2) is 24.3 Å². The summed E-state index contributed by atoms with van der Waals surface area (Å²) in [4.78, 5) is 11.4. The number of alkyl carbamates (subject to hydrolysis) is 1. The first-order chi connectivity index (χ1) is 8.63. The summed E-state index contributed by atoms with van der Waals surface area (Å²) in [5.74, 6) is 0.00971. The fraction of sp³-hybridized carbons (Fsp3) is 0.385. The van der Waals surface area contributed by atoms with Crippen molar-refractivity contribution < 1.29 is 9.53 Å². The van der Waals surface area contributed by atoms with E-state index in [1.807, 2.05) is 0 Å². The molecule has 4 N–H and O–H groups in total. The smallest absolute Gasteiger partial charge is 0.412 e. The number of ether oxygens (including phenoxy) is 1. The van der Waals surface area contributed by atoms with Crippen molar-refractivity contribution in [3.05, 3.63) is 29.8 Å². The van der Waals surface area contributed by atoms with Crippen molar-refractivity contribution in [2.75, 3.05) is 12.3 Å². The zero-order valence-electron chi connectivity index (χ0n) is 10.5. The van der Waals surface area contributed by atoms with Gasteiger partial charge in [0.1, 0.15) is 5.84 Å². The lowest BCUT2D eigenvalue weighted by Gasteiger charge is -2.08. The first-order valence-electron chi connectivity index (χ1n) is 6.01. The third-order valence-corrected chi connectivity index (χ3v) is 2.41. The summed E-state index contributed by atoms with van der Waals surface area (Å²) >= 11 is 0. The van der Waals surface area contributed by atoms with E-state index in [9.17, 15) is 4.79 Å². The minimum absolute atomic E-state index is 0.00971. The van der Waals surface area contributed by atoms with E-state index in [-0.39, 0.29) is 5.84 Å². The molecule has 1 aromatic rings. The highest BCUT2D eigenvalue weighted by molar-refractivity contribution is 6.04. The Labute approximate surface area is 107 Å². The van der Waals surface area contributed by atoms with Crippen LogP contribution in [0.3, 0.4) is 0 Å². The van der Waals surface area contributed by atoms with Gasteiger partial charge < -0.3 is 10.5 Å². The van der Waals surface area contributed by atoms with Crippen molar-refractivity contribution >= 4 is 17.6 Å². The molecule has 0 atom stereocenters. The molecule has 0 aromatic heterocycles. The highest BCUT2D eigenvalue weighted by Gasteiger charge is 2.07. The number of rotatable bonds is 5. The van der Waals surface area contributed by atoms with Crippen LogP contribution in [0.4, 0.5) is 10.5 Å². The van der Waals surface area contributed by atoms with Gasteiger partial charge in [-0.3, -0.25) is 10.7 Å². The van der Waals surface area contributed by atoms with Crippen molar-refractivity contribution in [3.63, 3.8) is 0 Å². The molecule has 0 saturated carbocycles. The molecule has 5 heteroatoms. The zero-order valence-corrected chi connectivity index (χ0v) is 10.5. The van der Waals surface area contributed by atoms with Crippen molar-refractivity contribution in [1.82, 2.24) is 5.32 Å². The third-order valence-electron chi connectivity index (χ3n) is 2.41. The normalized spacial score (nSPS) is 9.83. The van der Waals surface area contributed by atoms with E-state index in [1.54, 1.807) is 24.3 Å². The second-order valence-corrected chi connectivity index (χ2v) is 3.97. The van der Waals surface area contributed by atoms with Gasteiger partial charge in [0.25, 0.3) is 0 Å². The van der Waals surface area contributed by atoms with Crippen LogP contribution < -0.4 is 11.1 Å². The van der Waals surface area contributed by atoms with Crippen LogP contribution >= 0.6 is 0 Å². The van der Waals surface area contributed by atoms with Crippen LogP contribution in [0, 0.1) is 5.41 Å². The summed E-state index contributed by atoms with van der Waals surface area (Å²) in [6, 6.07) is 6.71. The molecule has 0 aliphatic heterocycles. The SMILES string of the molecule is CCCCCOC(=O)NC(=N)c1ccc(N)cc1. The molecule has 0 saturated heterocycles. The van der Waals surface area contributed by atoms with Gasteiger partial charge in [-0.15, -0.1) is 0 Å². The summed E-state index contributed by atoms with van der Waals surface area (Å²) in [5, 5.41) is 10.1. The molecule has 1 aromatic carbocycles. The number of carbonyl (C=O) groups is 1. The lowest BCUT2D eigenvalue weighted by atomic mass is 10.2. The van der Waals surface area contributed by atoms with E-state index < -0.39 is 6.09 Å². The van der Waals surface area contributed by atoms with Crippen LogP contribution in [0.5, 0.6) is 0 Å². The fourth-order valence-corrected chi connectivity index (χ4v) is 1.38. The molecule has 98 valence electrons. The van der Waals surface area contributed by atoms with E-state index >= 15 is 0 Å². The molecule has 5 nitrogen and oxygen atoms in total. The largest absolute Gasteiger partial charge is 0.449 e. The number of hydrogen-bond acceptors (Lipinski definition) is 4. The second kappa shape index (κ2) is 7.32. The van der Waals surface area contributed by atoms with Gasteiger partial charge in [0.15, 0.2) is 0 Å². The minimum Gasteiger partial charge on any atom is -0.449 e. The topological polar surface area (TPSA) is 88.2 Å². The Morgan fingerprint density at radius 3 is 2.61 bits per heavy atom. The molecule has 0 aliphatic carbocycles. The fourth-order valence-electron chi connectivity index (χ4n) is 1.38. The van der Waals surface area contributed by atoms with E-state index in [4.69, 9.17) is 15.9 Å². The van der Waals surface area contributed by atoms with E-state index in [2.05, 4.69) is 12.2 Å². The molecule has 0 spiro atoms. The van der Waals surface area contributed by atoms with Gasteiger partial charge >= 0.3 is 6.09 Å². The van der Waals surface area contributed by atoms with Crippen LogP contribution in [-0.2, 0) is 4.74 Å². The van der Waals surface area contributed by atoms with Crippen molar-refractivity contribution in [2.24, 2.45) is 0 Å². The molecule has 1 amide bonds. The number of amidine groups is 1. The molecule has 18 heavy (non-hydrogen) atoms. The van der Waals surface area contributed by atoms with Gasteiger partial charge in [-0.2, -0.15) is 0 Å². The van der Waals surface area contributed by atoms with Crippen LogP contribution in [0.1, 0.15) is 31.7 Å². The lowest BCUT2D eigenvalue weighted by Crippen LogP contribution is -2.31. The van der Waals surface area contributed by atoms with Crippen molar-refractivity contribution in [3.8, 4) is 0 Å². The molecule has 1 rings (SSSR count). The molecule has 0 radical (unpaired) electrons. The Bertz CT molecular complexity index is 401. The summed E-state index contributed by atoms with van der Waals surface area (Å²) < 4.78 is 4.94. The number of hydrogen-bond donors (Lipinski definition) is 3. The zero-order chi connectivity index (χ0) is 13.4. The quantitative estimate of drug-likeness (QED) is 0.324. The number of unbranched alkanes of at least 4 members (excludes halogenated alkanes) is 2. The monoisotopic (exact) mass is 249 g/mol. The summed E-state index contributed by atoms with van der Waals surface area (Å²) in [7, 11) is 0. The second-order valence-electron chi connectivity index (χ2n) is 3.97. The summed E-state index contributed by atoms with van der Waals surface area (Å²) in [6.45, 7) is 2.46. The first kappa shape index (κ1) is 14.0. The molecule has 0 heterocycles. The first-order valence-corrected chi connectivity index (χ1v) is 6.01. The van der Waals surface area contributed by atoms with Crippen LogP contribution in [0.2, 0.25) is 0 Å². The Morgan fingerprint density at radius 2 is 2.00 bits per heavy atom. The average molecular weight is 249 g/mol. The number of nitrogen functional groups attached to an aromatic ring is 1. The number of nitrogens with one attached hydrogen (secondary N) is 2. The maximum Gasteiger partial charge on any atom is 0.412 e. The van der Waals surface area contributed by atoms with E-state index in [0.717, 1.165) is 19.3 Å². The predicted octanol–water partition coefficient (Wildman–Crippen LogP) is 2.51. The van der Waals surface area contributed by atoms with Crippen LogP contribution in [0.25, 0.3) is 0 Å². The number of anilines is 1. The van der Waals surface area contributed by atoms with Gasteiger partial charge in [-0.1, -0.05) is 19.8 Å². The van der Waals surface area contributed by atoms with Crippen molar-refractivity contribution in [1.29, 1.82) is 5.41 Å². The third kappa shape index (κ3) is 4.86. The lowest BCUT2D eigenvalue weighted by molar-refractivity contribution is 0.149. The maximum atomic E-state index is 11.4. The molecule has 0 bridgehead atoms. The standard InChI is InChI=1S/C13H19N3O2/c1-2-3-4-9-18-13(17)16-12(15)10-5-7-11(14)8-6-10/h5-8H,2-4,9,14H2,1H3,(H2,15,16,17). The maximum absolute atomic E-state index is 11.4. The summed E-state index contributed by atoms with van der Waals surface area (Å²) in [6.07, 6.45) is 2.36. The van der Waals surface area contributed by atoms with E-state index in [1.165, 1.54) is 0 Å². The predicted molar refractivity (Wildman–Crippen MR) is 71.7 cm³/mol.